The Bertz CT molecular complexity index is 922. The highest BCUT2D eigenvalue weighted by Crippen LogP contribution is 2.32. The van der Waals surface area contributed by atoms with Crippen LogP contribution in [-0.4, -0.2) is 39.6 Å². The van der Waals surface area contributed by atoms with Crippen LogP contribution in [0.3, 0.4) is 0 Å². The van der Waals surface area contributed by atoms with Gasteiger partial charge in [0.05, 0.1) is 5.56 Å². The summed E-state index contributed by atoms with van der Waals surface area (Å²) < 4.78 is 31.3. The van der Waals surface area contributed by atoms with E-state index in [4.69, 9.17) is 4.42 Å². The zero-order chi connectivity index (χ0) is 18.8. The van der Waals surface area contributed by atoms with Gasteiger partial charge in [0.1, 0.15) is 10.5 Å². The van der Waals surface area contributed by atoms with Crippen LogP contribution >= 0.6 is 11.8 Å². The lowest BCUT2D eigenvalue weighted by Crippen LogP contribution is -2.38. The number of amides is 1. The van der Waals surface area contributed by atoms with Gasteiger partial charge in [0.25, 0.3) is 11.7 Å². The first-order valence-corrected chi connectivity index (χ1v) is 9.54. The number of oxazole rings is 1. The maximum Gasteiger partial charge on any atom is 0.290 e. The number of alkyl halides is 2. The van der Waals surface area contributed by atoms with Gasteiger partial charge in [0.2, 0.25) is 0 Å². The number of rotatable bonds is 4. The van der Waals surface area contributed by atoms with Crippen molar-refractivity contribution in [1.82, 2.24) is 14.9 Å². The minimum Gasteiger partial charge on any atom is -0.440 e. The minimum absolute atomic E-state index is 0.0681. The number of para-hydroxylation sites is 2. The third-order valence-electron chi connectivity index (χ3n) is 4.64. The Morgan fingerprint density at radius 3 is 2.70 bits per heavy atom. The van der Waals surface area contributed by atoms with Crippen LogP contribution in [0.25, 0.3) is 11.1 Å². The summed E-state index contributed by atoms with van der Waals surface area (Å²) in [6, 6.07) is 10.8. The van der Waals surface area contributed by atoms with E-state index in [0.29, 0.717) is 30.7 Å². The molecule has 0 atom stereocenters. The quantitative estimate of drug-likeness (QED) is 0.613. The molecule has 3 heterocycles. The molecule has 0 radical (unpaired) electrons. The smallest absolute Gasteiger partial charge is 0.290 e. The van der Waals surface area contributed by atoms with E-state index in [-0.39, 0.29) is 22.4 Å². The van der Waals surface area contributed by atoms with Gasteiger partial charge < -0.3 is 9.32 Å². The number of nitrogens with zero attached hydrogens (tertiary/aromatic N) is 3. The van der Waals surface area contributed by atoms with Crippen molar-refractivity contribution in [2.45, 2.75) is 29.5 Å². The van der Waals surface area contributed by atoms with E-state index in [2.05, 4.69) is 9.97 Å². The maximum atomic E-state index is 12.8. The number of carbonyl (C=O) groups excluding carboxylic acids is 1. The molecule has 27 heavy (non-hydrogen) atoms. The van der Waals surface area contributed by atoms with Gasteiger partial charge in [0.15, 0.2) is 11.5 Å². The van der Waals surface area contributed by atoms with Crippen LogP contribution in [0.5, 0.6) is 0 Å². The molecule has 1 aliphatic heterocycles. The number of carbonyl (C=O) groups is 1. The molecule has 4 rings (SSSR count). The maximum absolute atomic E-state index is 12.8. The molecule has 3 aromatic rings. The van der Waals surface area contributed by atoms with Gasteiger partial charge in [-0.25, -0.2) is 9.97 Å². The van der Waals surface area contributed by atoms with Crippen molar-refractivity contribution in [2.24, 2.45) is 0 Å². The second kappa shape index (κ2) is 7.64. The van der Waals surface area contributed by atoms with Crippen molar-refractivity contribution in [3.05, 3.63) is 54.0 Å². The largest absolute Gasteiger partial charge is 0.440 e. The minimum atomic E-state index is -2.61. The Morgan fingerprint density at radius 2 is 1.96 bits per heavy atom. The summed E-state index contributed by atoms with van der Waals surface area (Å²) in [4.78, 5) is 22.9. The molecule has 8 heteroatoms. The first-order chi connectivity index (χ1) is 13.1. The summed E-state index contributed by atoms with van der Waals surface area (Å²) in [6.45, 7) is 1.05. The van der Waals surface area contributed by atoms with Crippen LogP contribution in [0.4, 0.5) is 8.78 Å². The number of pyridine rings is 1. The third kappa shape index (κ3) is 3.80. The summed E-state index contributed by atoms with van der Waals surface area (Å²) in [5.74, 6) is -2.04. The van der Waals surface area contributed by atoms with Gasteiger partial charge in [-0.3, -0.25) is 4.79 Å². The van der Waals surface area contributed by atoms with E-state index in [0.717, 1.165) is 23.9 Å². The van der Waals surface area contributed by atoms with Gasteiger partial charge in [-0.2, -0.15) is 8.78 Å². The lowest BCUT2D eigenvalue weighted by molar-refractivity contribution is 0.0702. The SMILES string of the molecule is O=C(c1cccnc1SC(F)F)N1CCC(c2nc3ccccc3o2)CC1. The van der Waals surface area contributed by atoms with Crippen LogP contribution in [-0.2, 0) is 0 Å². The molecule has 1 aromatic carbocycles. The summed E-state index contributed by atoms with van der Waals surface area (Å²) in [5.41, 5.74) is 1.81. The lowest BCUT2D eigenvalue weighted by Gasteiger charge is -2.31. The molecule has 1 amide bonds. The number of hydrogen-bond acceptors (Lipinski definition) is 5. The van der Waals surface area contributed by atoms with E-state index < -0.39 is 5.76 Å². The number of halogens is 2. The second-order valence-electron chi connectivity index (χ2n) is 6.32. The fourth-order valence-electron chi connectivity index (χ4n) is 3.30. The standard InChI is InChI=1S/C19H17F2N3O2S/c20-19(21)27-17-13(4-3-9-22-17)18(25)24-10-7-12(8-11-24)16-23-14-5-1-2-6-15(14)26-16/h1-6,9,12,19H,7-8,10-11H2. The van der Waals surface area contributed by atoms with Gasteiger partial charge >= 0.3 is 0 Å². The monoisotopic (exact) mass is 389 g/mol. The first kappa shape index (κ1) is 17.9. The third-order valence-corrected chi connectivity index (χ3v) is 5.37. The van der Waals surface area contributed by atoms with Crippen molar-refractivity contribution in [2.75, 3.05) is 13.1 Å². The summed E-state index contributed by atoms with van der Waals surface area (Å²) >= 11 is 0.300. The van der Waals surface area contributed by atoms with Gasteiger partial charge in [-0.15, -0.1) is 0 Å². The number of aromatic nitrogens is 2. The average Bonchev–Trinajstić information content (AvgIpc) is 3.12. The number of likely N-dealkylation sites (tertiary alicyclic amines) is 1. The topological polar surface area (TPSA) is 59.2 Å². The van der Waals surface area contributed by atoms with Crippen LogP contribution in [0.2, 0.25) is 0 Å². The highest BCUT2D eigenvalue weighted by atomic mass is 32.2. The molecule has 140 valence electrons. The second-order valence-corrected chi connectivity index (χ2v) is 7.30. The van der Waals surface area contributed by atoms with Crippen LogP contribution < -0.4 is 0 Å². The summed E-state index contributed by atoms with van der Waals surface area (Å²) in [6.07, 6.45) is 2.85. The molecule has 1 fully saturated rings. The van der Waals surface area contributed by atoms with Crippen molar-refractivity contribution in [3.8, 4) is 0 Å². The Kier molecular flexibility index (Phi) is 5.07. The molecule has 0 N–H and O–H groups in total. The Morgan fingerprint density at radius 1 is 1.19 bits per heavy atom. The zero-order valence-electron chi connectivity index (χ0n) is 14.3. The predicted molar refractivity (Wildman–Crippen MR) is 98.0 cm³/mol. The molecule has 0 aliphatic carbocycles. The van der Waals surface area contributed by atoms with E-state index in [9.17, 15) is 13.6 Å². The van der Waals surface area contributed by atoms with Gasteiger partial charge in [0, 0.05) is 25.2 Å². The number of hydrogen-bond donors (Lipinski definition) is 0. The fourth-order valence-corrected chi connectivity index (χ4v) is 3.87. The van der Waals surface area contributed by atoms with E-state index >= 15 is 0 Å². The van der Waals surface area contributed by atoms with Crippen molar-refractivity contribution in [1.29, 1.82) is 0 Å². The fraction of sp³-hybridized carbons (Fsp3) is 0.316. The lowest BCUT2D eigenvalue weighted by atomic mass is 9.96. The normalized spacial score (nSPS) is 15.6. The van der Waals surface area contributed by atoms with Crippen molar-refractivity contribution < 1.29 is 18.0 Å². The Balaban J connectivity index is 1.45. The number of benzene rings is 1. The summed E-state index contributed by atoms with van der Waals surface area (Å²) in [5, 5.41) is 0.0681. The van der Waals surface area contributed by atoms with Crippen LogP contribution in [0.15, 0.2) is 52.0 Å². The number of fused-ring (bicyclic) bond motifs is 1. The van der Waals surface area contributed by atoms with Crippen molar-refractivity contribution in [3.63, 3.8) is 0 Å². The first-order valence-electron chi connectivity index (χ1n) is 8.66. The molecular weight excluding hydrogens is 372 g/mol. The Hall–Kier alpha value is -2.48. The molecule has 0 unspecified atom stereocenters. The highest BCUT2D eigenvalue weighted by molar-refractivity contribution is 7.99. The zero-order valence-corrected chi connectivity index (χ0v) is 15.2. The van der Waals surface area contributed by atoms with Gasteiger partial charge in [-0.1, -0.05) is 12.1 Å². The molecule has 5 nitrogen and oxygen atoms in total. The molecule has 2 aromatic heterocycles. The molecule has 0 saturated carbocycles. The van der Waals surface area contributed by atoms with E-state index in [1.807, 2.05) is 24.3 Å². The van der Waals surface area contributed by atoms with E-state index in [1.54, 1.807) is 17.0 Å². The molecule has 0 bridgehead atoms. The highest BCUT2D eigenvalue weighted by Gasteiger charge is 2.29. The molecule has 0 spiro atoms. The number of piperidine rings is 1. The van der Waals surface area contributed by atoms with Crippen LogP contribution in [0.1, 0.15) is 35.0 Å². The Labute approximate surface area is 158 Å². The average molecular weight is 389 g/mol. The van der Waals surface area contributed by atoms with Crippen LogP contribution in [0, 0.1) is 0 Å². The summed E-state index contributed by atoms with van der Waals surface area (Å²) in [7, 11) is 0. The molecule has 1 saturated heterocycles. The number of thioether (sulfide) groups is 1. The predicted octanol–water partition coefficient (Wildman–Crippen LogP) is 4.56. The van der Waals surface area contributed by atoms with Crippen molar-refractivity contribution >= 4 is 28.8 Å². The molecular formula is C19H17F2N3O2S. The van der Waals surface area contributed by atoms with E-state index in [1.165, 1.54) is 6.20 Å². The van der Waals surface area contributed by atoms with Gasteiger partial charge in [-0.05, 0) is 48.9 Å². The molecule has 1 aliphatic rings.